The van der Waals surface area contributed by atoms with Crippen molar-refractivity contribution in [1.29, 1.82) is 0 Å². The fourth-order valence-corrected chi connectivity index (χ4v) is 5.71. The van der Waals surface area contributed by atoms with E-state index in [0.29, 0.717) is 5.69 Å². The number of halogens is 4. The van der Waals surface area contributed by atoms with Gasteiger partial charge in [-0.25, -0.2) is 36.6 Å². The third-order valence-electron chi connectivity index (χ3n) is 5.68. The number of pyridine rings is 1. The second-order valence-electron chi connectivity index (χ2n) is 7.79. The van der Waals surface area contributed by atoms with Crippen molar-refractivity contribution < 1.29 is 50.3 Å². The molecule has 2 aromatic heterocycles. The molecule has 0 radical (unpaired) electrons. The predicted octanol–water partition coefficient (Wildman–Crippen LogP) is 3.06. The molecule has 6 heterocycles. The number of anilines is 1. The van der Waals surface area contributed by atoms with E-state index in [2.05, 4.69) is 36.2 Å². The number of aromatic nitrogens is 5. The number of phosphoric ester groups is 1. The first-order valence-corrected chi connectivity index (χ1v) is 11.6. The maximum absolute atomic E-state index is 15.1. The van der Waals surface area contributed by atoms with Gasteiger partial charge < -0.3 is 9.84 Å². The van der Waals surface area contributed by atoms with Gasteiger partial charge in [-0.3, -0.25) is 4.98 Å². The fourth-order valence-electron chi connectivity index (χ4n) is 4.02. The molecular weight excluding hydrogens is 531 g/mol. The highest BCUT2D eigenvalue weighted by atomic mass is 31.2. The first-order valence-electron chi connectivity index (χ1n) is 10.1. The van der Waals surface area contributed by atoms with Crippen LogP contribution < -0.4 is 4.90 Å². The molecule has 0 unspecified atom stereocenters. The van der Waals surface area contributed by atoms with E-state index in [1.807, 2.05) is 0 Å². The molecule has 1 N–H and O–H groups in total. The number of tetrazole rings is 1. The molecule has 1 amide bonds. The number of carbonyl (C=O) groups is 1. The fraction of sp³-hybridized carbons (Fsp3) is 0.211. The zero-order valence-corrected chi connectivity index (χ0v) is 18.8. The number of rotatable bonds is 6. The minimum atomic E-state index is -4.99. The Hall–Kier alpha value is -3.76. The second-order valence-corrected chi connectivity index (χ2v) is 9.24. The lowest BCUT2D eigenvalue weighted by Gasteiger charge is -2.40. The van der Waals surface area contributed by atoms with Gasteiger partial charge in [0.1, 0.15) is 11.5 Å². The molecule has 13 nitrogen and oxygen atoms in total. The minimum absolute atomic E-state index is 0.0184. The Morgan fingerprint density at radius 1 is 1.22 bits per heavy atom. The summed E-state index contributed by atoms with van der Waals surface area (Å²) in [5, 5.41) is 20.5. The zero-order valence-electron chi connectivity index (χ0n) is 17.9. The Labute approximate surface area is 202 Å². The summed E-state index contributed by atoms with van der Waals surface area (Å²) in [6.07, 6.45) is -2.94. The average Bonchev–Trinajstić information content (AvgIpc) is 3.53. The van der Waals surface area contributed by atoms with E-state index in [0.717, 1.165) is 16.9 Å². The molecule has 4 aliphatic rings. The Kier molecular flexibility index (Phi) is 4.72. The topological polar surface area (TPSA) is 151 Å². The smallest absolute Gasteiger partial charge is 0.401 e. The molecule has 3 aromatic rings. The van der Waals surface area contributed by atoms with Crippen LogP contribution in [0.15, 0.2) is 43.1 Å². The summed E-state index contributed by atoms with van der Waals surface area (Å²) in [5.41, 5.74) is 0.126. The number of nitrogens with zero attached hydrogens (tertiary/aromatic N) is 6. The number of phosphoric acid groups is 1. The number of ether oxygens (including phenoxy) is 1. The SMILES string of the molecule is C=Cn1nnc(-c2ccc(-c3ccc(N4C(=O)O[C@]5(C(F)(F)[C@@H](O)F)OP6(=O)OC45O6)cc3F)cn2)n1. The van der Waals surface area contributed by atoms with Crippen LogP contribution in [0, 0.1) is 5.82 Å². The van der Waals surface area contributed by atoms with Gasteiger partial charge in [-0.15, -0.1) is 15.0 Å². The molecule has 0 aliphatic carbocycles. The van der Waals surface area contributed by atoms with Gasteiger partial charge in [-0.05, 0) is 29.5 Å². The summed E-state index contributed by atoms with van der Waals surface area (Å²) < 4.78 is 88.6. The lowest BCUT2D eigenvalue weighted by molar-refractivity contribution is -0.362. The largest absolute Gasteiger partial charge is 0.487 e. The molecule has 37 heavy (non-hydrogen) atoms. The zero-order chi connectivity index (χ0) is 26.4. The van der Waals surface area contributed by atoms with E-state index in [1.54, 1.807) is 0 Å². The third-order valence-corrected chi connectivity index (χ3v) is 7.10. The van der Waals surface area contributed by atoms with Crippen LogP contribution in [0.5, 0.6) is 0 Å². The third kappa shape index (κ3) is 2.99. The lowest BCUT2D eigenvalue weighted by atomic mass is 10.0. The number of amides is 1. The highest BCUT2D eigenvalue weighted by molar-refractivity contribution is 7.50. The van der Waals surface area contributed by atoms with E-state index in [9.17, 15) is 22.5 Å². The number of hydrogen-bond acceptors (Lipinski definition) is 11. The molecule has 1 spiro atoms. The van der Waals surface area contributed by atoms with Gasteiger partial charge in [0.15, 0.2) is 0 Å². The standard InChI is InChI=1S/C19H11F4N6O7P/c1-2-28-26-14(25-27-28)13-6-3-9(8-24-13)11-5-4-10(7-12(11)20)29-16(31)33-18(17(22,23)15(21)30)19(29)35-37(32,34-18)36-19/h2-8,15,30H,1H2/t15-,18-,19?,37?/m1/s1. The van der Waals surface area contributed by atoms with E-state index in [1.165, 1.54) is 30.6 Å². The Bertz CT molecular complexity index is 1510. The molecule has 0 saturated carbocycles. The van der Waals surface area contributed by atoms with Crippen LogP contribution >= 0.6 is 7.82 Å². The first kappa shape index (κ1) is 23.6. The molecule has 2 bridgehead atoms. The molecule has 4 saturated heterocycles. The van der Waals surface area contributed by atoms with Crippen LogP contribution in [0.4, 0.5) is 28.0 Å². The van der Waals surface area contributed by atoms with Crippen LogP contribution in [-0.2, 0) is 22.9 Å². The van der Waals surface area contributed by atoms with Gasteiger partial charge in [0.2, 0.25) is 5.82 Å². The van der Waals surface area contributed by atoms with Crippen LogP contribution in [0.2, 0.25) is 0 Å². The van der Waals surface area contributed by atoms with Gasteiger partial charge in [-0.2, -0.15) is 8.78 Å². The van der Waals surface area contributed by atoms with E-state index < -0.39 is 49.4 Å². The molecular formula is C19H11F4N6O7P. The minimum Gasteiger partial charge on any atom is -0.401 e. The van der Waals surface area contributed by atoms with Gasteiger partial charge >= 0.3 is 31.5 Å². The highest BCUT2D eigenvalue weighted by Crippen LogP contribution is 2.82. The normalized spacial score (nSPS) is 29.0. The molecule has 18 heteroatoms. The molecule has 192 valence electrons. The second kappa shape index (κ2) is 7.39. The van der Waals surface area contributed by atoms with Crippen LogP contribution in [-0.4, -0.2) is 60.4 Å². The van der Waals surface area contributed by atoms with Crippen molar-refractivity contribution in [1.82, 2.24) is 25.2 Å². The molecule has 4 fully saturated rings. The average molecular weight is 542 g/mol. The number of alkyl halides is 3. The summed E-state index contributed by atoms with van der Waals surface area (Å²) in [5.74, 6) is -12.6. The van der Waals surface area contributed by atoms with Gasteiger partial charge in [0.05, 0.1) is 5.69 Å². The Morgan fingerprint density at radius 2 is 1.97 bits per heavy atom. The Balaban J connectivity index is 1.34. The van der Waals surface area contributed by atoms with Crippen molar-refractivity contribution in [3.63, 3.8) is 0 Å². The monoisotopic (exact) mass is 542 g/mol. The van der Waals surface area contributed by atoms with Crippen molar-refractivity contribution >= 4 is 25.8 Å². The van der Waals surface area contributed by atoms with Gasteiger partial charge in [0, 0.05) is 23.5 Å². The number of hydrogen-bond donors (Lipinski definition) is 1. The summed E-state index contributed by atoms with van der Waals surface area (Å²) in [6, 6.07) is 6.00. The van der Waals surface area contributed by atoms with E-state index in [4.69, 9.17) is 14.2 Å². The summed E-state index contributed by atoms with van der Waals surface area (Å²) in [4.78, 5) is 18.1. The number of aliphatic hydroxyl groups excluding tert-OH is 1. The summed E-state index contributed by atoms with van der Waals surface area (Å²) in [6.45, 7) is 3.50. The quantitative estimate of drug-likeness (QED) is 0.362. The van der Waals surface area contributed by atoms with Gasteiger partial charge in [0.25, 0.3) is 6.36 Å². The molecule has 7 rings (SSSR count). The van der Waals surface area contributed by atoms with Crippen molar-refractivity contribution in [2.24, 2.45) is 0 Å². The number of carbonyl (C=O) groups excluding carboxylic acids is 1. The number of benzene rings is 1. The van der Waals surface area contributed by atoms with Crippen LogP contribution in [0.25, 0.3) is 28.8 Å². The Morgan fingerprint density at radius 3 is 2.57 bits per heavy atom. The van der Waals surface area contributed by atoms with Crippen LogP contribution in [0.1, 0.15) is 0 Å². The predicted molar refractivity (Wildman–Crippen MR) is 110 cm³/mol. The molecule has 4 aliphatic heterocycles. The number of aliphatic hydroxyl groups is 1. The van der Waals surface area contributed by atoms with Crippen molar-refractivity contribution in [2.75, 3.05) is 4.90 Å². The maximum Gasteiger partial charge on any atom is 0.487 e. The van der Waals surface area contributed by atoms with Crippen molar-refractivity contribution in [3.05, 3.63) is 48.9 Å². The van der Waals surface area contributed by atoms with E-state index >= 15 is 4.39 Å². The summed E-state index contributed by atoms with van der Waals surface area (Å²) >= 11 is 0. The lowest BCUT2D eigenvalue weighted by Crippen LogP contribution is -2.68. The summed E-state index contributed by atoms with van der Waals surface area (Å²) in [7, 11) is -4.67. The molecule has 2 atom stereocenters. The van der Waals surface area contributed by atoms with Crippen molar-refractivity contribution in [3.8, 4) is 22.6 Å². The highest BCUT2D eigenvalue weighted by Gasteiger charge is 2.97. The van der Waals surface area contributed by atoms with Crippen LogP contribution in [0.3, 0.4) is 0 Å². The van der Waals surface area contributed by atoms with E-state index in [-0.39, 0.29) is 21.9 Å². The molecule has 1 aromatic carbocycles. The maximum atomic E-state index is 15.1. The van der Waals surface area contributed by atoms with Gasteiger partial charge in [-0.1, -0.05) is 12.6 Å². The first-order chi connectivity index (χ1) is 17.5. The van der Waals surface area contributed by atoms with Crippen molar-refractivity contribution in [2.45, 2.75) is 24.0 Å².